The second kappa shape index (κ2) is 7.04. The lowest BCUT2D eigenvalue weighted by Crippen LogP contribution is -2.37. The van der Waals surface area contributed by atoms with Crippen LogP contribution in [-0.2, 0) is 0 Å². The van der Waals surface area contributed by atoms with E-state index in [4.69, 9.17) is 4.74 Å². The van der Waals surface area contributed by atoms with E-state index in [9.17, 15) is 9.90 Å². The maximum Gasteiger partial charge on any atom is 0.270 e. The Morgan fingerprint density at radius 2 is 1.91 bits per heavy atom. The Balaban J connectivity index is 2.04. The Morgan fingerprint density at radius 3 is 2.50 bits per heavy atom. The number of amides is 1. The normalized spacial score (nSPS) is 13.3. The van der Waals surface area contributed by atoms with Crippen molar-refractivity contribution in [2.75, 3.05) is 7.11 Å². The number of aliphatic hydroxyl groups is 1. The standard InChI is InChI=1S/C17H20N2O3/c1-11-5-4-6-15(18-11)17(21)19-12(2)16(20)13-7-9-14(22-3)10-8-13/h4-10,12,16,20H,1-3H3,(H,19,21). The summed E-state index contributed by atoms with van der Waals surface area (Å²) in [5, 5.41) is 13.1. The van der Waals surface area contributed by atoms with Crippen LogP contribution < -0.4 is 10.1 Å². The molecule has 2 unspecified atom stereocenters. The number of ether oxygens (including phenoxy) is 1. The second-order valence-electron chi connectivity index (χ2n) is 5.14. The minimum atomic E-state index is -0.806. The van der Waals surface area contributed by atoms with E-state index in [-0.39, 0.29) is 5.91 Å². The van der Waals surface area contributed by atoms with Crippen LogP contribution in [0.15, 0.2) is 42.5 Å². The first-order valence-electron chi connectivity index (χ1n) is 7.08. The summed E-state index contributed by atoms with van der Waals surface area (Å²) in [6, 6.07) is 11.9. The fourth-order valence-electron chi connectivity index (χ4n) is 2.12. The molecule has 2 N–H and O–H groups in total. The third-order valence-electron chi connectivity index (χ3n) is 3.41. The molecule has 5 nitrogen and oxygen atoms in total. The van der Waals surface area contributed by atoms with Gasteiger partial charge in [-0.05, 0) is 43.7 Å². The van der Waals surface area contributed by atoms with Crippen molar-refractivity contribution in [1.29, 1.82) is 0 Å². The molecule has 2 rings (SSSR count). The molecule has 5 heteroatoms. The SMILES string of the molecule is COc1ccc(C(O)C(C)NC(=O)c2cccc(C)n2)cc1. The summed E-state index contributed by atoms with van der Waals surface area (Å²) >= 11 is 0. The zero-order valence-corrected chi connectivity index (χ0v) is 12.9. The van der Waals surface area contributed by atoms with E-state index in [1.807, 2.05) is 13.0 Å². The number of nitrogens with zero attached hydrogens (tertiary/aromatic N) is 1. The molecule has 0 bridgehead atoms. The summed E-state index contributed by atoms with van der Waals surface area (Å²) in [5.41, 5.74) is 1.83. The molecule has 0 radical (unpaired) electrons. The molecule has 0 aliphatic heterocycles. The minimum absolute atomic E-state index is 0.302. The molecule has 0 saturated heterocycles. The lowest BCUT2D eigenvalue weighted by Gasteiger charge is -2.20. The van der Waals surface area contributed by atoms with Gasteiger partial charge in [-0.25, -0.2) is 4.98 Å². The first-order chi connectivity index (χ1) is 10.5. The molecule has 2 aromatic rings. The highest BCUT2D eigenvalue weighted by molar-refractivity contribution is 5.92. The Hall–Kier alpha value is -2.40. The third kappa shape index (κ3) is 3.83. The molecule has 22 heavy (non-hydrogen) atoms. The number of carbonyl (C=O) groups is 1. The number of benzene rings is 1. The van der Waals surface area contributed by atoms with E-state index in [1.165, 1.54) is 0 Å². The van der Waals surface area contributed by atoms with Gasteiger partial charge in [0.2, 0.25) is 0 Å². The lowest BCUT2D eigenvalue weighted by atomic mass is 10.0. The van der Waals surface area contributed by atoms with Crippen molar-refractivity contribution in [3.8, 4) is 5.75 Å². The first kappa shape index (κ1) is 16.0. The highest BCUT2D eigenvalue weighted by Crippen LogP contribution is 2.20. The van der Waals surface area contributed by atoms with Gasteiger partial charge < -0.3 is 15.2 Å². The number of carbonyl (C=O) groups excluding carboxylic acids is 1. The minimum Gasteiger partial charge on any atom is -0.497 e. The highest BCUT2D eigenvalue weighted by atomic mass is 16.5. The molecule has 0 spiro atoms. The molecular formula is C17H20N2O3. The fraction of sp³-hybridized carbons (Fsp3) is 0.294. The highest BCUT2D eigenvalue weighted by Gasteiger charge is 2.19. The number of aromatic nitrogens is 1. The summed E-state index contributed by atoms with van der Waals surface area (Å²) in [5.74, 6) is 0.417. The number of aliphatic hydroxyl groups excluding tert-OH is 1. The molecule has 0 aliphatic rings. The number of nitrogens with one attached hydrogen (secondary N) is 1. The average Bonchev–Trinajstić information content (AvgIpc) is 2.54. The number of aryl methyl sites for hydroxylation is 1. The molecular weight excluding hydrogens is 280 g/mol. The van der Waals surface area contributed by atoms with Crippen LogP contribution in [0.3, 0.4) is 0 Å². The summed E-state index contributed by atoms with van der Waals surface area (Å²) < 4.78 is 5.08. The summed E-state index contributed by atoms with van der Waals surface area (Å²) in [7, 11) is 1.59. The van der Waals surface area contributed by atoms with Crippen LogP contribution in [0.4, 0.5) is 0 Å². The number of hydrogen-bond donors (Lipinski definition) is 2. The summed E-state index contributed by atoms with van der Waals surface area (Å²) in [6.45, 7) is 3.58. The van der Waals surface area contributed by atoms with Crippen LogP contribution in [0, 0.1) is 6.92 Å². The Kier molecular flexibility index (Phi) is 5.12. The zero-order valence-electron chi connectivity index (χ0n) is 12.9. The lowest BCUT2D eigenvalue weighted by molar-refractivity contribution is 0.0847. The predicted octanol–water partition coefficient (Wildman–Crippen LogP) is 2.25. The molecule has 1 heterocycles. The number of rotatable bonds is 5. The number of pyridine rings is 1. The van der Waals surface area contributed by atoms with Gasteiger partial charge in [0.25, 0.3) is 5.91 Å². The first-order valence-corrected chi connectivity index (χ1v) is 7.08. The van der Waals surface area contributed by atoms with Crippen LogP contribution in [0.2, 0.25) is 0 Å². The van der Waals surface area contributed by atoms with Crippen molar-refractivity contribution in [3.05, 3.63) is 59.4 Å². The van der Waals surface area contributed by atoms with E-state index in [2.05, 4.69) is 10.3 Å². The van der Waals surface area contributed by atoms with Gasteiger partial charge in [0.05, 0.1) is 19.3 Å². The van der Waals surface area contributed by atoms with Crippen molar-refractivity contribution < 1.29 is 14.6 Å². The van der Waals surface area contributed by atoms with Crippen molar-refractivity contribution >= 4 is 5.91 Å². The van der Waals surface area contributed by atoms with Gasteiger partial charge in [0.15, 0.2) is 0 Å². The Labute approximate surface area is 130 Å². The average molecular weight is 300 g/mol. The zero-order chi connectivity index (χ0) is 16.1. The van der Waals surface area contributed by atoms with Crippen LogP contribution >= 0.6 is 0 Å². The maximum absolute atomic E-state index is 12.1. The second-order valence-corrected chi connectivity index (χ2v) is 5.14. The van der Waals surface area contributed by atoms with Crippen molar-refractivity contribution in [2.45, 2.75) is 26.0 Å². The molecule has 0 fully saturated rings. The van der Waals surface area contributed by atoms with Gasteiger partial charge >= 0.3 is 0 Å². The maximum atomic E-state index is 12.1. The number of methoxy groups -OCH3 is 1. The molecule has 1 aromatic heterocycles. The quantitative estimate of drug-likeness (QED) is 0.888. The van der Waals surface area contributed by atoms with Gasteiger partial charge in [-0.1, -0.05) is 18.2 Å². The van der Waals surface area contributed by atoms with Crippen molar-refractivity contribution in [2.24, 2.45) is 0 Å². The van der Waals surface area contributed by atoms with E-state index in [0.717, 1.165) is 11.4 Å². The Bertz CT molecular complexity index is 641. The van der Waals surface area contributed by atoms with Gasteiger partial charge in [0, 0.05) is 5.69 Å². The largest absolute Gasteiger partial charge is 0.497 e. The van der Waals surface area contributed by atoms with Crippen LogP contribution in [0.25, 0.3) is 0 Å². The molecule has 116 valence electrons. The molecule has 0 saturated carbocycles. The Morgan fingerprint density at radius 1 is 1.23 bits per heavy atom. The third-order valence-corrected chi connectivity index (χ3v) is 3.41. The van der Waals surface area contributed by atoms with Gasteiger partial charge in [0.1, 0.15) is 11.4 Å². The summed E-state index contributed by atoms with van der Waals surface area (Å²) in [6.07, 6.45) is -0.806. The van der Waals surface area contributed by atoms with E-state index in [0.29, 0.717) is 11.3 Å². The van der Waals surface area contributed by atoms with Crippen molar-refractivity contribution in [1.82, 2.24) is 10.3 Å². The smallest absolute Gasteiger partial charge is 0.270 e. The fourth-order valence-corrected chi connectivity index (χ4v) is 2.12. The predicted molar refractivity (Wildman–Crippen MR) is 83.9 cm³/mol. The van der Waals surface area contributed by atoms with Gasteiger partial charge in [-0.15, -0.1) is 0 Å². The van der Waals surface area contributed by atoms with E-state index < -0.39 is 12.1 Å². The van der Waals surface area contributed by atoms with Crippen LogP contribution in [0.1, 0.15) is 34.8 Å². The molecule has 1 amide bonds. The molecule has 0 aliphatic carbocycles. The van der Waals surface area contributed by atoms with Gasteiger partial charge in [-0.2, -0.15) is 0 Å². The summed E-state index contributed by atoms with van der Waals surface area (Å²) in [4.78, 5) is 16.3. The van der Waals surface area contributed by atoms with Crippen LogP contribution in [-0.4, -0.2) is 29.1 Å². The van der Waals surface area contributed by atoms with Gasteiger partial charge in [-0.3, -0.25) is 4.79 Å². The van der Waals surface area contributed by atoms with Crippen molar-refractivity contribution in [3.63, 3.8) is 0 Å². The van der Waals surface area contributed by atoms with E-state index in [1.54, 1.807) is 50.4 Å². The molecule has 1 aromatic carbocycles. The molecule has 2 atom stereocenters. The monoisotopic (exact) mass is 300 g/mol. The number of hydrogen-bond acceptors (Lipinski definition) is 4. The van der Waals surface area contributed by atoms with Crippen LogP contribution in [0.5, 0.6) is 5.75 Å². The topological polar surface area (TPSA) is 71.5 Å². The van der Waals surface area contributed by atoms with E-state index >= 15 is 0 Å².